The molecule has 0 radical (unpaired) electrons. The molecule has 12 heteroatoms. The summed E-state index contributed by atoms with van der Waals surface area (Å²) < 4.78 is 0. The van der Waals surface area contributed by atoms with E-state index >= 15 is 0 Å². The van der Waals surface area contributed by atoms with Gasteiger partial charge in [-0.15, -0.1) is 0 Å². The second kappa shape index (κ2) is 19.7. The summed E-state index contributed by atoms with van der Waals surface area (Å²) in [4.78, 5) is 53.5. The Morgan fingerprint density at radius 1 is 0.463 bits per heavy atom. The second-order valence-electron chi connectivity index (χ2n) is 11.5. The summed E-state index contributed by atoms with van der Waals surface area (Å²) in [6.07, 6.45) is 3.13. The molecular weight excluding hydrogens is 856 g/mol. The Morgan fingerprint density at radius 2 is 0.683 bits per heavy atom. The Hall–Kier alpha value is 2.16. The first kappa shape index (κ1) is 36.0. The first-order chi connectivity index (χ1) is 19.9. The van der Waals surface area contributed by atoms with Crippen molar-refractivity contribution in [3.05, 3.63) is 0 Å². The number of hydrogen-bond donors (Lipinski definition) is 0. The Labute approximate surface area is 289 Å². The van der Waals surface area contributed by atoms with E-state index in [1.165, 1.54) is 44.3 Å². The minimum atomic E-state index is -0.792. The van der Waals surface area contributed by atoms with Gasteiger partial charge in [0.15, 0.2) is 0 Å². The Balaban J connectivity index is 1.34. The van der Waals surface area contributed by atoms with Gasteiger partial charge in [0.25, 0.3) is 0 Å². The molecule has 41 heavy (non-hydrogen) atoms. The van der Waals surface area contributed by atoms with Crippen LogP contribution >= 0.6 is 47.0 Å². The van der Waals surface area contributed by atoms with Gasteiger partial charge in [-0.1, -0.05) is 0 Å². The van der Waals surface area contributed by atoms with Crippen molar-refractivity contribution in [3.8, 4) is 0 Å². The van der Waals surface area contributed by atoms with E-state index in [1.54, 1.807) is 0 Å². The van der Waals surface area contributed by atoms with Crippen LogP contribution < -0.4 is 0 Å². The summed E-state index contributed by atoms with van der Waals surface area (Å²) in [5.41, 5.74) is -0.792. The molecule has 0 aromatic heterocycles. The number of rotatable bonds is 28. The number of Topliss-reactive ketones (excluding diaryl/α,β-unsaturated/α-hetero) is 4. The third-order valence-electron chi connectivity index (χ3n) is 7.21. The molecule has 0 amide bonds. The predicted molar refractivity (Wildman–Crippen MR) is 186 cm³/mol. The molecule has 0 saturated carbocycles. The summed E-state index contributed by atoms with van der Waals surface area (Å²) in [7, 11) is 0. The van der Waals surface area contributed by atoms with Gasteiger partial charge in [0.2, 0.25) is 0 Å². The van der Waals surface area contributed by atoms with Gasteiger partial charge in [-0.25, -0.2) is 0 Å². The van der Waals surface area contributed by atoms with Crippen LogP contribution in [0.15, 0.2) is 0 Å². The minimum absolute atomic E-state index is 0.170. The van der Waals surface area contributed by atoms with Crippen LogP contribution in [0.25, 0.3) is 0 Å². The molecule has 4 rings (SSSR count). The zero-order valence-electron chi connectivity index (χ0n) is 23.9. The van der Waals surface area contributed by atoms with Crippen molar-refractivity contribution in [1.82, 2.24) is 0 Å². The molecule has 0 aliphatic carbocycles. The van der Waals surface area contributed by atoms with Crippen LogP contribution in [0.3, 0.4) is 0 Å². The van der Waals surface area contributed by atoms with E-state index in [0.717, 1.165) is 42.3 Å². The predicted octanol–water partition coefficient (Wildman–Crippen LogP) is 5.99. The third-order valence-corrected chi connectivity index (χ3v) is 22.5. The molecule has 0 aromatic carbocycles. The van der Waals surface area contributed by atoms with E-state index in [1.807, 2.05) is 47.0 Å². The molecule has 232 valence electrons. The molecule has 4 nitrogen and oxygen atoms in total. The Bertz CT molecular complexity index is 737. The maximum absolute atomic E-state index is 13.4. The molecule has 4 heterocycles. The maximum atomic E-state index is 13.4. The van der Waals surface area contributed by atoms with Crippen molar-refractivity contribution in [2.45, 2.75) is 115 Å². The molecule has 4 unspecified atom stereocenters. The fourth-order valence-corrected chi connectivity index (χ4v) is 19.5. The average Bonchev–Trinajstić information content (AvgIpc) is 3.76. The van der Waals surface area contributed by atoms with E-state index in [0.29, 0.717) is 85.5 Å². The first-order valence-corrected chi connectivity index (χ1v) is 28.6. The molecule has 4 atom stereocenters. The third kappa shape index (κ3) is 17.6. The molecule has 4 saturated heterocycles. The van der Waals surface area contributed by atoms with Crippen molar-refractivity contribution in [3.63, 3.8) is 0 Å². The molecular formula is C29H44O4S4Se4. The van der Waals surface area contributed by atoms with Gasteiger partial charge >= 0.3 is 293 Å². The summed E-state index contributed by atoms with van der Waals surface area (Å²) >= 11 is 10.0. The molecule has 4 fully saturated rings. The Kier molecular flexibility index (Phi) is 17.3. The van der Waals surface area contributed by atoms with Crippen molar-refractivity contribution in [2.24, 2.45) is 5.41 Å². The second-order valence-corrected chi connectivity index (χ2v) is 26.5. The number of carbonyl (C=O) groups is 4. The average molecular weight is 901 g/mol. The number of hydrogen-bond acceptors (Lipinski definition) is 8. The van der Waals surface area contributed by atoms with Gasteiger partial charge in [0.05, 0.1) is 0 Å². The fraction of sp³-hybridized carbons (Fsp3) is 0.862. The number of thioether (sulfide) groups is 4. The standard InChI is InChI=1S/C29H44O4S4Se4/c30-21(1-5-38-17-25-13-34-25)9-29(10-22(31)2-6-39-18-26-14-35-26,11-23(32)3-7-40-19-27-15-36-27)12-24(33)4-8-41-20-28-16-37-28/h25-28H,1-20H2. The van der Waals surface area contributed by atoms with E-state index in [2.05, 4.69) is 0 Å². The van der Waals surface area contributed by atoms with Crippen LogP contribution in [0.1, 0.15) is 51.4 Å². The molecule has 4 aliphatic heterocycles. The molecule has 0 bridgehead atoms. The van der Waals surface area contributed by atoms with Crippen molar-refractivity contribution in [2.75, 3.05) is 23.0 Å². The monoisotopic (exact) mass is 904 g/mol. The number of carbonyl (C=O) groups excluding carboxylic acids is 4. The fourth-order valence-electron chi connectivity index (χ4n) is 4.66. The van der Waals surface area contributed by atoms with Crippen LogP contribution in [0.2, 0.25) is 42.6 Å². The van der Waals surface area contributed by atoms with E-state index in [4.69, 9.17) is 0 Å². The molecule has 4 aliphatic rings. The number of ketones is 4. The molecule has 0 N–H and O–H groups in total. The summed E-state index contributed by atoms with van der Waals surface area (Å²) in [6.45, 7) is 0. The van der Waals surface area contributed by atoms with Crippen LogP contribution in [0.4, 0.5) is 0 Å². The van der Waals surface area contributed by atoms with Crippen LogP contribution in [-0.4, -0.2) is 127 Å². The van der Waals surface area contributed by atoms with Crippen LogP contribution in [0, 0.1) is 5.41 Å². The van der Waals surface area contributed by atoms with Gasteiger partial charge in [0.1, 0.15) is 0 Å². The zero-order chi connectivity index (χ0) is 28.9. The Morgan fingerprint density at radius 3 is 0.878 bits per heavy atom. The van der Waals surface area contributed by atoms with Gasteiger partial charge in [-0.3, -0.25) is 0 Å². The van der Waals surface area contributed by atoms with E-state index < -0.39 is 5.41 Å². The van der Waals surface area contributed by atoms with Gasteiger partial charge in [-0.2, -0.15) is 0 Å². The summed E-state index contributed by atoms with van der Waals surface area (Å²) in [5.74, 6) is 5.77. The van der Waals surface area contributed by atoms with Crippen molar-refractivity contribution < 1.29 is 19.2 Å². The quantitative estimate of drug-likeness (QED) is 0.0540. The SMILES string of the molecule is O=C(CC[Se]CC1CS1)CC(CC(=O)CC[Se]CC1CS1)(CC(=O)CC[Se]CC1CS1)CC(=O)CC[Se]CC1CS1. The van der Waals surface area contributed by atoms with Gasteiger partial charge in [-0.05, 0) is 0 Å². The topological polar surface area (TPSA) is 68.3 Å². The van der Waals surface area contributed by atoms with Gasteiger partial charge in [0, 0.05) is 0 Å². The molecule has 0 spiro atoms. The zero-order valence-corrected chi connectivity index (χ0v) is 34.0. The van der Waals surface area contributed by atoms with E-state index in [9.17, 15) is 19.2 Å². The normalized spacial score (nSPS) is 25.4. The van der Waals surface area contributed by atoms with Gasteiger partial charge < -0.3 is 0 Å². The van der Waals surface area contributed by atoms with Crippen molar-refractivity contribution in [1.29, 1.82) is 0 Å². The van der Waals surface area contributed by atoms with E-state index in [-0.39, 0.29) is 48.8 Å². The van der Waals surface area contributed by atoms with Crippen LogP contribution in [-0.2, 0) is 19.2 Å². The summed E-state index contributed by atoms with van der Waals surface area (Å²) in [5, 5.41) is 12.0. The van der Waals surface area contributed by atoms with Crippen molar-refractivity contribution >= 4 is 130 Å². The summed E-state index contributed by atoms with van der Waals surface area (Å²) in [6, 6.07) is 0. The first-order valence-electron chi connectivity index (χ1n) is 14.7. The molecule has 0 aromatic rings. The van der Waals surface area contributed by atoms with Crippen LogP contribution in [0.5, 0.6) is 0 Å².